The third-order valence-electron chi connectivity index (χ3n) is 2.61. The van der Waals surface area contributed by atoms with Gasteiger partial charge in [0.25, 0.3) is 0 Å². The lowest BCUT2D eigenvalue weighted by Crippen LogP contribution is -2.17. The van der Waals surface area contributed by atoms with Gasteiger partial charge in [0.2, 0.25) is 0 Å². The van der Waals surface area contributed by atoms with Crippen LogP contribution >= 0.6 is 0 Å². The van der Waals surface area contributed by atoms with E-state index in [2.05, 4.69) is 0 Å². The van der Waals surface area contributed by atoms with Crippen LogP contribution in [0.15, 0.2) is 24.3 Å². The first-order chi connectivity index (χ1) is 8.49. The van der Waals surface area contributed by atoms with Crippen molar-refractivity contribution in [1.82, 2.24) is 0 Å². The van der Waals surface area contributed by atoms with Crippen LogP contribution in [0.3, 0.4) is 0 Å². The maximum absolute atomic E-state index is 10.8. The molecule has 0 amide bonds. The van der Waals surface area contributed by atoms with Crippen LogP contribution in [0, 0.1) is 5.92 Å². The molecule has 4 nitrogen and oxygen atoms in total. The van der Waals surface area contributed by atoms with E-state index in [4.69, 9.17) is 9.84 Å². The van der Waals surface area contributed by atoms with Gasteiger partial charge in [-0.2, -0.15) is 0 Å². The van der Waals surface area contributed by atoms with E-state index in [-0.39, 0.29) is 12.4 Å². The van der Waals surface area contributed by atoms with Gasteiger partial charge in [0.15, 0.2) is 0 Å². The third-order valence-corrected chi connectivity index (χ3v) is 2.61. The molecule has 0 aromatic heterocycles. The molecule has 1 aromatic rings. The SMILES string of the molecule is CC(=O)CCc1ccc(OCC(C)C(=O)O)cc1. The molecule has 1 atom stereocenters. The number of carboxylic acid groups (broad SMARTS) is 1. The van der Waals surface area contributed by atoms with Gasteiger partial charge in [-0.25, -0.2) is 0 Å². The van der Waals surface area contributed by atoms with E-state index in [0.29, 0.717) is 12.2 Å². The molecule has 0 radical (unpaired) electrons. The van der Waals surface area contributed by atoms with Gasteiger partial charge in [-0.3, -0.25) is 4.79 Å². The molecule has 18 heavy (non-hydrogen) atoms. The van der Waals surface area contributed by atoms with Crippen molar-refractivity contribution in [3.8, 4) is 5.75 Å². The minimum Gasteiger partial charge on any atom is -0.493 e. The van der Waals surface area contributed by atoms with Gasteiger partial charge in [0.1, 0.15) is 18.1 Å². The summed E-state index contributed by atoms with van der Waals surface area (Å²) in [5.74, 6) is -0.573. The monoisotopic (exact) mass is 250 g/mol. The Morgan fingerprint density at radius 1 is 1.28 bits per heavy atom. The number of Topliss-reactive ketones (excluding diaryl/α,β-unsaturated/α-hetero) is 1. The zero-order valence-electron chi connectivity index (χ0n) is 10.7. The lowest BCUT2D eigenvalue weighted by molar-refractivity contribution is -0.142. The predicted molar refractivity (Wildman–Crippen MR) is 67.7 cm³/mol. The van der Waals surface area contributed by atoms with Crippen LogP contribution in [0.1, 0.15) is 25.8 Å². The average molecular weight is 250 g/mol. The highest BCUT2D eigenvalue weighted by Gasteiger charge is 2.11. The molecule has 0 fully saturated rings. The van der Waals surface area contributed by atoms with E-state index < -0.39 is 11.9 Å². The Morgan fingerprint density at radius 3 is 2.39 bits per heavy atom. The van der Waals surface area contributed by atoms with Crippen LogP contribution in [-0.2, 0) is 16.0 Å². The van der Waals surface area contributed by atoms with E-state index in [0.717, 1.165) is 12.0 Å². The number of benzene rings is 1. The molecule has 4 heteroatoms. The Bertz CT molecular complexity index is 408. The number of hydrogen-bond acceptors (Lipinski definition) is 3. The number of aryl methyl sites for hydroxylation is 1. The van der Waals surface area contributed by atoms with Gasteiger partial charge >= 0.3 is 5.97 Å². The summed E-state index contributed by atoms with van der Waals surface area (Å²) < 4.78 is 5.36. The summed E-state index contributed by atoms with van der Waals surface area (Å²) in [6.07, 6.45) is 1.26. The largest absolute Gasteiger partial charge is 0.493 e. The number of ketones is 1. The van der Waals surface area contributed by atoms with Crippen LogP contribution in [-0.4, -0.2) is 23.5 Å². The lowest BCUT2D eigenvalue weighted by atomic mass is 10.1. The van der Waals surface area contributed by atoms with Crippen LogP contribution in [0.2, 0.25) is 0 Å². The van der Waals surface area contributed by atoms with Crippen LogP contribution in [0.4, 0.5) is 0 Å². The van der Waals surface area contributed by atoms with Crippen molar-refractivity contribution in [3.05, 3.63) is 29.8 Å². The summed E-state index contributed by atoms with van der Waals surface area (Å²) in [5.41, 5.74) is 1.07. The Labute approximate surface area is 107 Å². The van der Waals surface area contributed by atoms with Gasteiger partial charge in [-0.15, -0.1) is 0 Å². The molecule has 0 heterocycles. The van der Waals surface area contributed by atoms with Gasteiger partial charge in [0.05, 0.1) is 5.92 Å². The second-order valence-electron chi connectivity index (χ2n) is 4.40. The second kappa shape index (κ2) is 6.79. The zero-order valence-corrected chi connectivity index (χ0v) is 10.7. The number of aliphatic carboxylic acids is 1. The van der Waals surface area contributed by atoms with Gasteiger partial charge in [-0.05, 0) is 38.0 Å². The molecular weight excluding hydrogens is 232 g/mol. The Kier molecular flexibility index (Phi) is 5.36. The molecule has 1 aromatic carbocycles. The Balaban J connectivity index is 2.45. The summed E-state index contributed by atoms with van der Waals surface area (Å²) in [6, 6.07) is 7.38. The third kappa shape index (κ3) is 4.99. The smallest absolute Gasteiger partial charge is 0.309 e. The van der Waals surface area contributed by atoms with Gasteiger partial charge in [-0.1, -0.05) is 12.1 Å². The first kappa shape index (κ1) is 14.2. The predicted octanol–water partition coefficient (Wildman–Crippen LogP) is 2.31. The molecule has 0 aliphatic rings. The summed E-state index contributed by atoms with van der Waals surface area (Å²) in [4.78, 5) is 21.5. The van der Waals surface area contributed by atoms with Crippen molar-refractivity contribution in [2.75, 3.05) is 6.61 Å². The Morgan fingerprint density at radius 2 is 1.89 bits per heavy atom. The highest BCUT2D eigenvalue weighted by Crippen LogP contribution is 2.14. The molecule has 0 aliphatic carbocycles. The normalized spacial score (nSPS) is 11.9. The standard InChI is InChI=1S/C14H18O4/c1-10(14(16)17)9-18-13-7-5-12(6-8-13)4-3-11(2)15/h5-8,10H,3-4,9H2,1-2H3,(H,16,17). The summed E-state index contributed by atoms with van der Waals surface area (Å²) in [6.45, 7) is 3.33. The summed E-state index contributed by atoms with van der Waals surface area (Å²) in [7, 11) is 0. The first-order valence-electron chi connectivity index (χ1n) is 5.93. The zero-order chi connectivity index (χ0) is 13.5. The molecule has 0 spiro atoms. The van der Waals surface area contributed by atoms with E-state index in [1.54, 1.807) is 26.0 Å². The van der Waals surface area contributed by atoms with Crippen LogP contribution in [0.25, 0.3) is 0 Å². The number of carboxylic acids is 1. The van der Waals surface area contributed by atoms with Crippen LogP contribution < -0.4 is 4.74 Å². The first-order valence-corrected chi connectivity index (χ1v) is 5.93. The molecular formula is C14H18O4. The van der Waals surface area contributed by atoms with Crippen molar-refractivity contribution in [3.63, 3.8) is 0 Å². The molecule has 1 unspecified atom stereocenters. The van der Waals surface area contributed by atoms with E-state index in [1.807, 2.05) is 12.1 Å². The van der Waals surface area contributed by atoms with E-state index in [9.17, 15) is 9.59 Å². The maximum Gasteiger partial charge on any atom is 0.309 e. The molecule has 0 bridgehead atoms. The van der Waals surface area contributed by atoms with Crippen molar-refractivity contribution in [1.29, 1.82) is 0 Å². The molecule has 98 valence electrons. The maximum atomic E-state index is 10.8. The summed E-state index contributed by atoms with van der Waals surface area (Å²) in [5, 5.41) is 8.71. The van der Waals surface area contributed by atoms with Crippen molar-refractivity contribution in [2.24, 2.45) is 5.92 Å². The molecule has 0 saturated heterocycles. The van der Waals surface area contributed by atoms with E-state index in [1.165, 1.54) is 0 Å². The van der Waals surface area contributed by atoms with E-state index >= 15 is 0 Å². The highest BCUT2D eigenvalue weighted by molar-refractivity contribution is 5.75. The van der Waals surface area contributed by atoms with Gasteiger partial charge < -0.3 is 14.6 Å². The minimum atomic E-state index is -0.868. The van der Waals surface area contributed by atoms with Crippen LogP contribution in [0.5, 0.6) is 5.75 Å². The second-order valence-corrected chi connectivity index (χ2v) is 4.40. The molecule has 1 rings (SSSR count). The number of hydrogen-bond donors (Lipinski definition) is 1. The highest BCUT2D eigenvalue weighted by atomic mass is 16.5. The number of rotatable bonds is 7. The van der Waals surface area contributed by atoms with Crippen molar-refractivity contribution in [2.45, 2.75) is 26.7 Å². The van der Waals surface area contributed by atoms with Crippen molar-refractivity contribution >= 4 is 11.8 Å². The number of carbonyl (C=O) groups excluding carboxylic acids is 1. The fraction of sp³-hybridized carbons (Fsp3) is 0.429. The molecule has 1 N–H and O–H groups in total. The topological polar surface area (TPSA) is 63.6 Å². The fourth-order valence-corrected chi connectivity index (χ4v) is 1.37. The average Bonchev–Trinajstić information content (AvgIpc) is 2.34. The summed E-state index contributed by atoms with van der Waals surface area (Å²) >= 11 is 0. The minimum absolute atomic E-state index is 0.155. The number of carbonyl (C=O) groups is 2. The Hall–Kier alpha value is -1.84. The molecule has 0 aliphatic heterocycles. The van der Waals surface area contributed by atoms with Gasteiger partial charge in [0, 0.05) is 6.42 Å². The quantitative estimate of drug-likeness (QED) is 0.806. The molecule has 0 saturated carbocycles. The van der Waals surface area contributed by atoms with Crippen molar-refractivity contribution < 1.29 is 19.4 Å². The lowest BCUT2D eigenvalue weighted by Gasteiger charge is -2.09. The fourth-order valence-electron chi connectivity index (χ4n) is 1.37. The number of ether oxygens (including phenoxy) is 1.